The van der Waals surface area contributed by atoms with Crippen molar-refractivity contribution in [1.29, 1.82) is 0 Å². The topological polar surface area (TPSA) is 136 Å². The number of hydrogen-bond donors (Lipinski definition) is 5. The summed E-state index contributed by atoms with van der Waals surface area (Å²) in [6.45, 7) is 1.75. The fourth-order valence-electron chi connectivity index (χ4n) is 4.06. The van der Waals surface area contributed by atoms with Gasteiger partial charge in [-0.3, -0.25) is 14.6 Å². The number of para-hydroxylation sites is 1. The highest BCUT2D eigenvalue weighted by atomic mass is 16.4. The monoisotopic (exact) mass is 447 g/mol. The molecule has 2 aromatic heterocycles. The Morgan fingerprint density at radius 1 is 1.15 bits per heavy atom. The summed E-state index contributed by atoms with van der Waals surface area (Å²) in [6.07, 6.45) is 3.01. The zero-order chi connectivity index (χ0) is 23.4. The van der Waals surface area contributed by atoms with Gasteiger partial charge in [-0.15, -0.1) is 0 Å². The minimum Gasteiger partial charge on any atom is -0.465 e. The van der Waals surface area contributed by atoms with Crippen LogP contribution in [0.3, 0.4) is 0 Å². The number of rotatable bonds is 7. The third-order valence-corrected chi connectivity index (χ3v) is 5.63. The molecule has 0 spiro atoms. The summed E-state index contributed by atoms with van der Waals surface area (Å²) in [4.78, 5) is 43.6. The maximum Gasteiger partial charge on any atom is 0.405 e. The van der Waals surface area contributed by atoms with Gasteiger partial charge in [0.2, 0.25) is 5.91 Å². The third kappa shape index (κ3) is 5.03. The summed E-state index contributed by atoms with van der Waals surface area (Å²) in [5.41, 5.74) is 4.76. The van der Waals surface area contributed by atoms with Crippen LogP contribution in [0.1, 0.15) is 29.4 Å². The zero-order valence-corrected chi connectivity index (χ0v) is 18.1. The number of pyridine rings is 1. The summed E-state index contributed by atoms with van der Waals surface area (Å²) < 4.78 is 0. The number of Topliss-reactive ketones (excluding diaryl/α,β-unsaturated/α-hetero) is 1. The third-order valence-electron chi connectivity index (χ3n) is 5.63. The van der Waals surface area contributed by atoms with Gasteiger partial charge in [0.15, 0.2) is 5.78 Å². The molecule has 2 heterocycles. The first-order valence-electron chi connectivity index (χ1n) is 10.7. The van der Waals surface area contributed by atoms with Crippen molar-refractivity contribution in [2.75, 3.05) is 11.9 Å². The number of carbonyl (C=O) groups excluding carboxylic acids is 2. The second-order valence-electron chi connectivity index (χ2n) is 8.07. The Bertz CT molecular complexity index is 1160. The first-order valence-corrected chi connectivity index (χ1v) is 10.7. The van der Waals surface area contributed by atoms with E-state index >= 15 is 0 Å². The van der Waals surface area contributed by atoms with E-state index in [-0.39, 0.29) is 24.7 Å². The Hall–Kier alpha value is -4.14. The first kappa shape index (κ1) is 22.1. The Morgan fingerprint density at radius 2 is 1.88 bits per heavy atom. The highest BCUT2D eigenvalue weighted by Gasteiger charge is 2.32. The molecule has 0 aliphatic heterocycles. The lowest BCUT2D eigenvalue weighted by molar-refractivity contribution is -0.122. The number of aromatic amines is 1. The Labute approximate surface area is 190 Å². The number of nitrogens with zero attached hydrogens (tertiary/aromatic N) is 1. The number of carboxylic acid groups (broad SMARTS) is 1. The highest BCUT2D eigenvalue weighted by molar-refractivity contribution is 6.07. The number of anilines is 2. The number of carbonyl (C=O) groups is 3. The molecule has 33 heavy (non-hydrogen) atoms. The van der Waals surface area contributed by atoms with Crippen molar-refractivity contribution in [3.63, 3.8) is 0 Å². The molecule has 1 aliphatic rings. The van der Waals surface area contributed by atoms with Gasteiger partial charge in [0.05, 0.1) is 16.9 Å². The molecule has 9 heteroatoms. The van der Waals surface area contributed by atoms with Gasteiger partial charge in [-0.1, -0.05) is 18.2 Å². The van der Waals surface area contributed by atoms with Crippen molar-refractivity contribution >= 4 is 29.2 Å². The fourth-order valence-corrected chi connectivity index (χ4v) is 4.06. The highest BCUT2D eigenvalue weighted by Crippen LogP contribution is 2.39. The van der Waals surface area contributed by atoms with Crippen molar-refractivity contribution in [2.24, 2.45) is 5.92 Å². The SMILES string of the molecule is C[C@H](NC(=O)O)C(=O)NCC1CC(=O)c2c([nH]c(-c3ccncc3)c2Nc2ccccc2)C1. The second kappa shape index (κ2) is 9.56. The van der Waals surface area contributed by atoms with Crippen LogP contribution in [-0.4, -0.2) is 45.4 Å². The molecule has 1 aliphatic carbocycles. The fraction of sp³-hybridized carbons (Fsp3) is 0.250. The van der Waals surface area contributed by atoms with Crippen LogP contribution < -0.4 is 16.0 Å². The zero-order valence-electron chi connectivity index (χ0n) is 18.1. The van der Waals surface area contributed by atoms with E-state index in [1.165, 1.54) is 6.92 Å². The summed E-state index contributed by atoms with van der Waals surface area (Å²) in [7, 11) is 0. The number of fused-ring (bicyclic) bond motifs is 1. The van der Waals surface area contributed by atoms with Crippen LogP contribution in [0.4, 0.5) is 16.2 Å². The van der Waals surface area contributed by atoms with E-state index in [1.54, 1.807) is 12.4 Å². The summed E-state index contributed by atoms with van der Waals surface area (Å²) >= 11 is 0. The van der Waals surface area contributed by atoms with Gasteiger partial charge in [0.25, 0.3) is 0 Å². The molecule has 9 nitrogen and oxygen atoms in total. The van der Waals surface area contributed by atoms with Gasteiger partial charge in [0.1, 0.15) is 6.04 Å². The Morgan fingerprint density at radius 3 is 2.58 bits per heavy atom. The van der Waals surface area contributed by atoms with Crippen molar-refractivity contribution < 1.29 is 19.5 Å². The quantitative estimate of drug-likeness (QED) is 0.377. The molecule has 3 aromatic rings. The van der Waals surface area contributed by atoms with Crippen LogP contribution in [0.2, 0.25) is 0 Å². The lowest BCUT2D eigenvalue weighted by Crippen LogP contribution is -2.46. The molecular weight excluding hydrogens is 422 g/mol. The van der Waals surface area contributed by atoms with E-state index in [0.717, 1.165) is 28.3 Å². The number of hydrogen-bond acceptors (Lipinski definition) is 5. The van der Waals surface area contributed by atoms with E-state index in [4.69, 9.17) is 5.11 Å². The van der Waals surface area contributed by atoms with Crippen LogP contribution in [0.25, 0.3) is 11.3 Å². The second-order valence-corrected chi connectivity index (χ2v) is 8.07. The Balaban J connectivity index is 1.58. The van der Waals surface area contributed by atoms with Gasteiger partial charge in [0, 0.05) is 42.3 Å². The van der Waals surface area contributed by atoms with Gasteiger partial charge < -0.3 is 26.0 Å². The number of aromatic nitrogens is 2. The van der Waals surface area contributed by atoms with E-state index in [9.17, 15) is 14.4 Å². The normalized spacial score (nSPS) is 15.9. The summed E-state index contributed by atoms with van der Waals surface area (Å²) in [6, 6.07) is 12.5. The molecular formula is C24H25N5O4. The first-order chi connectivity index (χ1) is 15.9. The number of benzene rings is 1. The van der Waals surface area contributed by atoms with Crippen LogP contribution in [0.15, 0.2) is 54.9 Å². The predicted octanol–water partition coefficient (Wildman–Crippen LogP) is 3.34. The molecule has 1 unspecified atom stereocenters. The number of nitrogens with one attached hydrogen (secondary N) is 4. The summed E-state index contributed by atoms with van der Waals surface area (Å²) in [5.74, 6) is -0.535. The molecule has 0 bridgehead atoms. The van der Waals surface area contributed by atoms with Crippen LogP contribution in [0, 0.1) is 5.92 Å². The minimum atomic E-state index is -1.26. The van der Waals surface area contributed by atoms with Crippen LogP contribution >= 0.6 is 0 Å². The summed E-state index contributed by atoms with van der Waals surface area (Å²) in [5, 5.41) is 17.0. The number of H-pyrrole nitrogens is 1. The molecule has 1 aromatic carbocycles. The maximum absolute atomic E-state index is 13.2. The van der Waals surface area contributed by atoms with E-state index in [1.807, 2.05) is 42.5 Å². The molecule has 170 valence electrons. The lowest BCUT2D eigenvalue weighted by atomic mass is 9.86. The van der Waals surface area contributed by atoms with Gasteiger partial charge in [-0.2, -0.15) is 0 Å². The van der Waals surface area contributed by atoms with Crippen LogP contribution in [0.5, 0.6) is 0 Å². The van der Waals surface area contributed by atoms with Gasteiger partial charge >= 0.3 is 6.09 Å². The van der Waals surface area contributed by atoms with Crippen LogP contribution in [-0.2, 0) is 11.2 Å². The predicted molar refractivity (Wildman–Crippen MR) is 124 cm³/mol. The molecule has 0 saturated heterocycles. The molecule has 0 fully saturated rings. The molecule has 0 radical (unpaired) electrons. The molecule has 2 amide bonds. The largest absolute Gasteiger partial charge is 0.465 e. The molecule has 4 rings (SSSR count). The van der Waals surface area contributed by atoms with Gasteiger partial charge in [-0.05, 0) is 43.5 Å². The van der Waals surface area contributed by atoms with E-state index in [2.05, 4.69) is 25.9 Å². The molecule has 5 N–H and O–H groups in total. The lowest BCUT2D eigenvalue weighted by Gasteiger charge is -2.23. The van der Waals surface area contributed by atoms with Gasteiger partial charge in [-0.25, -0.2) is 4.79 Å². The molecule has 0 saturated carbocycles. The van der Waals surface area contributed by atoms with E-state index in [0.29, 0.717) is 12.0 Å². The van der Waals surface area contributed by atoms with Crippen molar-refractivity contribution in [3.8, 4) is 11.3 Å². The van der Waals surface area contributed by atoms with Crippen molar-refractivity contribution in [1.82, 2.24) is 20.6 Å². The average molecular weight is 447 g/mol. The van der Waals surface area contributed by atoms with Crippen molar-refractivity contribution in [2.45, 2.75) is 25.8 Å². The average Bonchev–Trinajstić information content (AvgIpc) is 3.17. The number of ketones is 1. The number of amides is 2. The van der Waals surface area contributed by atoms with Crippen molar-refractivity contribution in [3.05, 3.63) is 66.1 Å². The Kier molecular flexibility index (Phi) is 6.39. The standard InChI is InChI=1S/C24H25N5O4/c1-14(27-24(32)33)23(31)26-13-15-11-18-20(19(30)12-15)22(28-17-5-3-2-4-6-17)21(29-18)16-7-9-25-10-8-16/h2-10,14-15,27-29H,11-13H2,1H3,(H,26,31)(H,32,33)/t14-,15?/m0/s1. The molecule has 2 atom stereocenters. The maximum atomic E-state index is 13.2. The smallest absolute Gasteiger partial charge is 0.405 e. The minimum absolute atomic E-state index is 0.0119. The van der Waals surface area contributed by atoms with E-state index < -0.39 is 18.0 Å².